The van der Waals surface area contributed by atoms with E-state index in [1.54, 1.807) is 38.1 Å². The molecule has 0 fully saturated rings. The molecule has 464 valence electrons. The van der Waals surface area contributed by atoms with Crippen molar-refractivity contribution in [1.29, 1.82) is 0 Å². The monoisotopic (exact) mass is 1350 g/mol. The largest absolute Gasteiger partial charge is 0.505 e. The van der Waals surface area contributed by atoms with Crippen LogP contribution in [0.15, 0.2) is 192 Å². The number of aromatic nitrogens is 3. The highest BCUT2D eigenvalue weighted by atomic mass is 32.2. The SMILES string of the molecule is COc1cc(N=Nc2c(S(=O)(=O)O)cc3cc(-n4nc5ccc6c(S(=O)(=O)O)cc(S(=O)(=O)O)cc6c5n4)ccc3c2O)c(OC)cc1N=Nc1ccc(N=Nc2ccc(N=Nc3cc4c(S(=O)(=O)O)cc(S(=O)(=O)O)cc4cc3S(=O)(=O)O)c(C)c2)c(C)c1. The average molecular weight is 1350 g/mol. The van der Waals surface area contributed by atoms with Gasteiger partial charge in [-0.3, -0.25) is 27.3 Å². The van der Waals surface area contributed by atoms with Crippen LogP contribution in [0.25, 0.3) is 49.0 Å². The molecule has 1 heterocycles. The summed E-state index contributed by atoms with van der Waals surface area (Å²) >= 11 is 0. The second-order valence-electron chi connectivity index (χ2n) is 19.2. The summed E-state index contributed by atoms with van der Waals surface area (Å²) in [5.41, 5.74) is 1.11. The lowest BCUT2D eigenvalue weighted by Gasteiger charge is -2.11. The molecule has 0 spiro atoms. The number of ether oxygens (including phenoxy) is 2. The Bertz CT molecular complexity index is 5630. The van der Waals surface area contributed by atoms with Crippen molar-refractivity contribution in [3.63, 3.8) is 0 Å². The highest BCUT2D eigenvalue weighted by Crippen LogP contribution is 2.46. The van der Waals surface area contributed by atoms with Crippen LogP contribution in [0.1, 0.15) is 11.1 Å². The number of methoxy groups -OCH3 is 2. The van der Waals surface area contributed by atoms with Crippen LogP contribution < -0.4 is 9.47 Å². The number of rotatable bonds is 17. The van der Waals surface area contributed by atoms with Crippen LogP contribution in [0.2, 0.25) is 0 Å². The Morgan fingerprint density at radius 3 is 1.38 bits per heavy atom. The van der Waals surface area contributed by atoms with Gasteiger partial charge in [-0.15, -0.1) is 30.7 Å². The number of nitrogens with zero attached hydrogens (tertiary/aromatic N) is 11. The van der Waals surface area contributed by atoms with Gasteiger partial charge in [0.25, 0.3) is 60.7 Å². The van der Waals surface area contributed by atoms with Gasteiger partial charge in [0.1, 0.15) is 64.9 Å². The summed E-state index contributed by atoms with van der Waals surface area (Å²) < 4.78 is 218. The van der Waals surface area contributed by atoms with Gasteiger partial charge in [-0.25, -0.2) is 0 Å². The second kappa shape index (κ2) is 23.1. The minimum atomic E-state index is -5.18. The minimum Gasteiger partial charge on any atom is -0.505 e. The van der Waals surface area contributed by atoms with Gasteiger partial charge in [-0.2, -0.15) is 75.8 Å². The molecule has 90 heavy (non-hydrogen) atoms. The number of aromatic hydroxyl groups is 1. The number of phenolic OH excluding ortho intramolecular Hbond substituents is 1. The summed E-state index contributed by atoms with van der Waals surface area (Å²) in [5, 5.41) is 52.4. The Labute approximate surface area is 507 Å². The fraction of sp³-hybridized carbons (Fsp3) is 0.0769. The van der Waals surface area contributed by atoms with Crippen molar-refractivity contribution in [2.75, 3.05) is 14.2 Å². The number of aryl methyl sites for hydroxylation is 2. The van der Waals surface area contributed by atoms with Crippen LogP contribution in [0, 0.1) is 13.8 Å². The van der Waals surface area contributed by atoms with Crippen LogP contribution in [0.5, 0.6) is 17.2 Å². The lowest BCUT2D eigenvalue weighted by molar-refractivity contribution is 0.405. The standard InChI is InChI=1S/C52H39N11O21S6/c1-25-13-30(5-10-38(25)55-53-29-6-11-39(26(2)14-29)56-59-43-22-36-28(17-48(43)89(77,78)79)16-32(85(65,66)67)20-47(36)88(74,75)76)54-57-41-23-45(84-4)42(24-44(41)83-3)58-60-51-49(90(80,81)82)18-27-15-31(7-8-34(27)52(51)64)63-61-40-12-9-35-37(50(40)62-63)19-33(86(68,69)70)21-46(35)87(71,72)73/h5-24,64H,1-4H3,(H,65,66,67)(H,68,69,70)(H,71,72,73)(H,74,75,76)(H,77,78,79)(H,80,81,82). The Morgan fingerprint density at radius 2 is 0.856 bits per heavy atom. The van der Waals surface area contributed by atoms with E-state index in [1.165, 1.54) is 68.8 Å². The first-order valence-electron chi connectivity index (χ1n) is 24.7. The molecule has 1 aromatic heterocycles. The van der Waals surface area contributed by atoms with Crippen LogP contribution >= 0.6 is 0 Å². The molecular weight excluding hydrogens is 1310 g/mol. The maximum atomic E-state index is 12.9. The summed E-state index contributed by atoms with van der Waals surface area (Å²) in [6.07, 6.45) is 0. The smallest absolute Gasteiger partial charge is 0.296 e. The van der Waals surface area contributed by atoms with Gasteiger partial charge in [0, 0.05) is 33.7 Å². The molecule has 0 saturated carbocycles. The van der Waals surface area contributed by atoms with Crippen LogP contribution in [0.3, 0.4) is 0 Å². The molecule has 0 aliphatic carbocycles. The van der Waals surface area contributed by atoms with Gasteiger partial charge in [0.2, 0.25) is 0 Å². The first-order valence-corrected chi connectivity index (χ1v) is 33.4. The van der Waals surface area contributed by atoms with Crippen LogP contribution in [0.4, 0.5) is 45.5 Å². The summed E-state index contributed by atoms with van der Waals surface area (Å²) in [7, 11) is -28.0. The van der Waals surface area contributed by atoms with E-state index in [1.807, 2.05) is 0 Å². The molecule has 10 rings (SSSR count). The van der Waals surface area contributed by atoms with Crippen molar-refractivity contribution in [1.82, 2.24) is 15.0 Å². The zero-order valence-corrected chi connectivity index (χ0v) is 50.7. The predicted octanol–water partition coefficient (Wildman–Crippen LogP) is 11.4. The van der Waals surface area contributed by atoms with E-state index in [4.69, 9.17) is 9.47 Å². The fourth-order valence-electron chi connectivity index (χ4n) is 9.04. The van der Waals surface area contributed by atoms with E-state index in [2.05, 4.69) is 51.1 Å². The minimum absolute atomic E-state index is 0.00219. The lowest BCUT2D eigenvalue weighted by atomic mass is 10.1. The Morgan fingerprint density at radius 1 is 0.389 bits per heavy atom. The Hall–Kier alpha value is -9.58. The number of benzene rings is 9. The maximum Gasteiger partial charge on any atom is 0.296 e. The summed E-state index contributed by atoms with van der Waals surface area (Å²) in [6.45, 7) is 3.32. The number of fused-ring (bicyclic) bond motifs is 5. The molecule has 0 aliphatic rings. The lowest BCUT2D eigenvalue weighted by Crippen LogP contribution is -2.05. The molecule has 0 atom stereocenters. The Kier molecular flexibility index (Phi) is 16.3. The zero-order valence-electron chi connectivity index (χ0n) is 45.8. The van der Waals surface area contributed by atoms with E-state index in [0.717, 1.165) is 29.1 Å². The number of hydrogen-bond donors (Lipinski definition) is 7. The molecule has 0 saturated heterocycles. The first kappa shape index (κ1) is 63.4. The summed E-state index contributed by atoms with van der Waals surface area (Å²) in [6, 6.07) is 23.7. The van der Waals surface area contributed by atoms with E-state index in [9.17, 15) is 82.9 Å². The molecule has 0 unspecified atom stereocenters. The Balaban J connectivity index is 0.877. The highest BCUT2D eigenvalue weighted by molar-refractivity contribution is 7.87. The molecule has 7 N–H and O–H groups in total. The molecule has 10 aromatic rings. The number of phenols is 1. The van der Waals surface area contributed by atoms with Gasteiger partial charge < -0.3 is 14.6 Å². The fourth-order valence-corrected chi connectivity index (χ4v) is 13.0. The van der Waals surface area contributed by atoms with E-state index >= 15 is 0 Å². The van der Waals surface area contributed by atoms with Crippen molar-refractivity contribution >= 4 is 150 Å². The molecule has 32 nitrogen and oxygen atoms in total. The van der Waals surface area contributed by atoms with Crippen molar-refractivity contribution in [3.05, 3.63) is 132 Å². The van der Waals surface area contributed by atoms with E-state index in [0.29, 0.717) is 46.4 Å². The topological polar surface area (TPSA) is 495 Å². The molecule has 0 amide bonds. The summed E-state index contributed by atoms with van der Waals surface area (Å²) in [5.74, 6) is -0.674. The third-order valence-corrected chi connectivity index (χ3v) is 18.5. The van der Waals surface area contributed by atoms with Gasteiger partial charge >= 0.3 is 0 Å². The molecular formula is C52H39N11O21S6. The highest BCUT2D eigenvalue weighted by Gasteiger charge is 2.28. The van der Waals surface area contributed by atoms with Gasteiger partial charge in [-0.05, 0) is 139 Å². The maximum absolute atomic E-state index is 12.9. The normalized spacial score (nSPS) is 13.2. The van der Waals surface area contributed by atoms with E-state index in [-0.39, 0.29) is 66.8 Å². The van der Waals surface area contributed by atoms with Gasteiger partial charge in [-0.1, -0.05) is 6.07 Å². The molecule has 0 aliphatic heterocycles. The molecule has 0 radical (unpaired) electrons. The third kappa shape index (κ3) is 13.0. The zero-order chi connectivity index (χ0) is 65.4. The quantitative estimate of drug-likeness (QED) is 0.0329. The van der Waals surface area contributed by atoms with Crippen molar-refractivity contribution < 1.29 is 92.4 Å². The number of hydrogen-bond acceptors (Lipinski definition) is 25. The van der Waals surface area contributed by atoms with Gasteiger partial charge in [0.15, 0.2) is 5.75 Å². The van der Waals surface area contributed by atoms with Crippen LogP contribution in [-0.2, 0) is 60.7 Å². The van der Waals surface area contributed by atoms with Crippen molar-refractivity contribution in [3.8, 4) is 22.9 Å². The predicted molar refractivity (Wildman–Crippen MR) is 317 cm³/mol. The second-order valence-corrected chi connectivity index (χ2v) is 27.6. The number of azo groups is 4. The van der Waals surface area contributed by atoms with Crippen molar-refractivity contribution in [2.45, 2.75) is 43.2 Å². The first-order chi connectivity index (χ1) is 42.0. The van der Waals surface area contributed by atoms with E-state index < -0.39 is 118 Å². The molecule has 0 bridgehead atoms. The van der Waals surface area contributed by atoms with Crippen molar-refractivity contribution in [2.24, 2.45) is 40.9 Å². The molecule has 38 heteroatoms. The third-order valence-electron chi connectivity index (χ3n) is 13.3. The average Bonchev–Trinajstić information content (AvgIpc) is 1.37. The summed E-state index contributed by atoms with van der Waals surface area (Å²) in [4.78, 5) is -4.52. The van der Waals surface area contributed by atoms with Crippen LogP contribution in [-0.4, -0.2) is 112 Å². The van der Waals surface area contributed by atoms with Gasteiger partial charge in [0.05, 0.1) is 52.4 Å². The molecule has 9 aromatic carbocycles.